The lowest BCUT2D eigenvalue weighted by molar-refractivity contribution is -0.148. The minimum atomic E-state index is -1.44. The molecule has 3 aromatic rings. The van der Waals surface area contributed by atoms with Gasteiger partial charge >= 0.3 is 5.97 Å². The second kappa shape index (κ2) is 14.3. The van der Waals surface area contributed by atoms with E-state index in [4.69, 9.17) is 17.3 Å². The van der Waals surface area contributed by atoms with Gasteiger partial charge in [0, 0.05) is 30.5 Å². The number of aliphatic carboxylic acids is 1. The molecular formula is C28H27ClN6O7. The van der Waals surface area contributed by atoms with Gasteiger partial charge in [-0.05, 0) is 42.8 Å². The van der Waals surface area contributed by atoms with Crippen LogP contribution >= 0.6 is 11.6 Å². The number of nitrogens with one attached hydrogen (secondary N) is 3. The maximum Gasteiger partial charge on any atom is 0.325 e. The topological polar surface area (TPSA) is 193 Å². The second-order valence-corrected chi connectivity index (χ2v) is 9.24. The molecule has 3 rings (SSSR count). The van der Waals surface area contributed by atoms with E-state index < -0.39 is 47.7 Å². The minimum Gasteiger partial charge on any atom is -0.480 e. The monoisotopic (exact) mass is 594 g/mol. The molecule has 1 aromatic heterocycles. The zero-order valence-corrected chi connectivity index (χ0v) is 23.0. The summed E-state index contributed by atoms with van der Waals surface area (Å²) >= 11 is 5.96. The van der Waals surface area contributed by atoms with Gasteiger partial charge in [-0.25, -0.2) is 5.01 Å². The summed E-state index contributed by atoms with van der Waals surface area (Å²) in [5, 5.41) is 14.9. The molecule has 2 aromatic carbocycles. The number of nitrogens with zero attached hydrogens (tertiary/aromatic N) is 2. The van der Waals surface area contributed by atoms with Gasteiger partial charge in [0.25, 0.3) is 23.3 Å². The number of carbonyl (C=O) groups is 5. The Labute approximate surface area is 244 Å². The first-order valence-electron chi connectivity index (χ1n) is 12.4. The third-order valence-corrected chi connectivity index (χ3v) is 6.10. The number of carbonyl (C=O) groups excluding carboxylic acids is 4. The second-order valence-electron chi connectivity index (χ2n) is 8.83. The molecule has 0 bridgehead atoms. The summed E-state index contributed by atoms with van der Waals surface area (Å²) in [4.78, 5) is 74.6. The van der Waals surface area contributed by atoms with Gasteiger partial charge in [-0.1, -0.05) is 41.9 Å². The van der Waals surface area contributed by atoms with Gasteiger partial charge in [-0.3, -0.25) is 34.2 Å². The lowest BCUT2D eigenvalue weighted by Crippen LogP contribution is -2.50. The highest BCUT2D eigenvalue weighted by atomic mass is 35.5. The molecule has 1 heterocycles. The minimum absolute atomic E-state index is 0.138. The molecule has 0 saturated heterocycles. The molecule has 0 aliphatic carbocycles. The predicted octanol–water partition coefficient (Wildman–Crippen LogP) is 1.71. The largest absolute Gasteiger partial charge is 0.480 e. The average Bonchev–Trinajstić information content (AvgIpc) is 2.96. The van der Waals surface area contributed by atoms with E-state index in [1.807, 2.05) is 6.07 Å². The Morgan fingerprint density at radius 2 is 1.76 bits per heavy atom. The molecule has 6 N–H and O–H groups in total. The first kappa shape index (κ1) is 31.1. The van der Waals surface area contributed by atoms with Crippen LogP contribution in [0, 0.1) is 0 Å². The summed E-state index contributed by atoms with van der Waals surface area (Å²) in [7, 11) is 0. The van der Waals surface area contributed by atoms with E-state index in [1.165, 1.54) is 43.5 Å². The molecule has 42 heavy (non-hydrogen) atoms. The average molecular weight is 595 g/mol. The number of halogens is 1. The molecule has 1 unspecified atom stereocenters. The van der Waals surface area contributed by atoms with Crippen molar-refractivity contribution in [1.82, 2.24) is 20.3 Å². The molecule has 4 amide bonds. The number of carboxylic acids is 1. The van der Waals surface area contributed by atoms with E-state index in [0.717, 1.165) is 22.3 Å². The Bertz CT molecular complexity index is 1590. The van der Waals surface area contributed by atoms with Gasteiger partial charge in [0.05, 0.1) is 10.7 Å². The number of carboxylic acid groups (broad SMARTS) is 1. The van der Waals surface area contributed by atoms with Crippen LogP contribution in [0.25, 0.3) is 0 Å². The molecule has 0 aliphatic heterocycles. The van der Waals surface area contributed by atoms with Crippen molar-refractivity contribution < 1.29 is 29.1 Å². The fourth-order valence-corrected chi connectivity index (χ4v) is 3.70. The number of rotatable bonds is 10. The van der Waals surface area contributed by atoms with E-state index in [9.17, 15) is 33.9 Å². The van der Waals surface area contributed by atoms with Crippen molar-refractivity contribution in [2.45, 2.75) is 19.5 Å². The van der Waals surface area contributed by atoms with Crippen molar-refractivity contribution in [1.29, 1.82) is 0 Å². The van der Waals surface area contributed by atoms with Crippen LogP contribution in [0.5, 0.6) is 0 Å². The van der Waals surface area contributed by atoms with Crippen LogP contribution in [0.3, 0.4) is 0 Å². The summed E-state index contributed by atoms with van der Waals surface area (Å²) in [6.45, 7) is 0.605. The fourth-order valence-electron chi connectivity index (χ4n) is 3.51. The van der Waals surface area contributed by atoms with Crippen molar-refractivity contribution in [3.63, 3.8) is 0 Å². The van der Waals surface area contributed by atoms with E-state index in [1.54, 1.807) is 24.3 Å². The fraction of sp³-hybridized carbons (Fsp3) is 0.143. The summed E-state index contributed by atoms with van der Waals surface area (Å²) < 4.78 is 0.983. The molecule has 0 spiro atoms. The molecule has 218 valence electrons. The lowest BCUT2D eigenvalue weighted by atomic mass is 10.2. The third-order valence-electron chi connectivity index (χ3n) is 5.77. The number of pyridine rings is 1. The van der Waals surface area contributed by atoms with Crippen LogP contribution in [0.4, 0.5) is 11.4 Å². The van der Waals surface area contributed by atoms with Crippen LogP contribution in [-0.4, -0.2) is 50.8 Å². The van der Waals surface area contributed by atoms with E-state index in [0.29, 0.717) is 5.01 Å². The first-order valence-corrected chi connectivity index (χ1v) is 12.7. The summed E-state index contributed by atoms with van der Waals surface area (Å²) in [6.07, 6.45) is 2.99. The van der Waals surface area contributed by atoms with E-state index in [2.05, 4.69) is 16.1 Å². The molecular weight excluding hydrogens is 568 g/mol. The number of nitrogens with two attached hydrogens (primary N) is 1. The summed E-state index contributed by atoms with van der Waals surface area (Å²) in [5.41, 5.74) is 8.15. The van der Waals surface area contributed by atoms with Gasteiger partial charge in [-0.15, -0.1) is 0 Å². The number of hydrogen-bond acceptors (Lipinski definition) is 7. The van der Waals surface area contributed by atoms with Crippen molar-refractivity contribution >= 4 is 52.6 Å². The highest BCUT2D eigenvalue weighted by molar-refractivity contribution is 6.33. The molecule has 1 atom stereocenters. The SMILES string of the molecule is CC(C(=O)NN(CC(=O)O)C(=O)C=CC(=O)NCc1ccccc1)n1cccc(NC(=O)c2ccc(N)c(Cl)c2)c1=O. The number of benzene rings is 2. The number of aromatic nitrogens is 1. The molecule has 14 heteroatoms. The smallest absolute Gasteiger partial charge is 0.325 e. The molecule has 0 aliphatic rings. The quantitative estimate of drug-likeness (QED) is 0.133. The van der Waals surface area contributed by atoms with Gasteiger partial charge < -0.3 is 26.0 Å². The number of anilines is 2. The Morgan fingerprint density at radius 1 is 1.05 bits per heavy atom. The number of hydrogen-bond donors (Lipinski definition) is 5. The van der Waals surface area contributed by atoms with Crippen LogP contribution in [0.2, 0.25) is 5.02 Å². The Hall–Kier alpha value is -5.43. The van der Waals surface area contributed by atoms with E-state index >= 15 is 0 Å². The summed E-state index contributed by atoms with van der Waals surface area (Å²) in [5.74, 6) is -4.62. The Kier molecular flexibility index (Phi) is 10.6. The van der Waals surface area contributed by atoms with Crippen molar-refractivity contribution in [2.75, 3.05) is 17.6 Å². The van der Waals surface area contributed by atoms with E-state index in [-0.39, 0.29) is 28.5 Å². The predicted molar refractivity (Wildman–Crippen MR) is 154 cm³/mol. The summed E-state index contributed by atoms with van der Waals surface area (Å²) in [6, 6.07) is 14.7. The molecule has 13 nitrogen and oxygen atoms in total. The van der Waals surface area contributed by atoms with Crippen molar-refractivity contribution in [2.24, 2.45) is 0 Å². The van der Waals surface area contributed by atoms with Crippen LogP contribution in [0.15, 0.2) is 83.8 Å². The normalized spacial score (nSPS) is 11.4. The van der Waals surface area contributed by atoms with Crippen LogP contribution in [0.1, 0.15) is 28.9 Å². The van der Waals surface area contributed by atoms with Gasteiger partial charge in [-0.2, -0.15) is 0 Å². The first-order chi connectivity index (χ1) is 20.0. The number of nitrogen functional groups attached to an aromatic ring is 1. The standard InChI is InChI=1S/C28H27ClN6O7/c1-17(34-13-5-8-22(28(34)42)32-27(41)19-9-10-21(30)20(29)14-19)26(40)33-35(16-25(38)39)24(37)12-11-23(36)31-15-18-6-3-2-4-7-18/h2-14,17H,15-16,30H2,1H3,(H,31,36)(H,32,41)(H,33,40)(H,38,39). The van der Waals surface area contributed by atoms with Crippen molar-refractivity contribution in [3.8, 4) is 0 Å². The van der Waals surface area contributed by atoms with Crippen molar-refractivity contribution in [3.05, 3.63) is 106 Å². The zero-order chi connectivity index (χ0) is 30.8. The highest BCUT2D eigenvalue weighted by Crippen LogP contribution is 2.20. The molecule has 0 radical (unpaired) electrons. The highest BCUT2D eigenvalue weighted by Gasteiger charge is 2.23. The van der Waals surface area contributed by atoms with Crippen LogP contribution < -0.4 is 27.4 Å². The van der Waals surface area contributed by atoms with Gasteiger partial charge in [0.2, 0.25) is 5.91 Å². The lowest BCUT2D eigenvalue weighted by Gasteiger charge is -2.23. The zero-order valence-electron chi connectivity index (χ0n) is 22.2. The maximum absolute atomic E-state index is 13.0. The molecule has 0 fully saturated rings. The Balaban J connectivity index is 1.68. The Morgan fingerprint density at radius 3 is 2.43 bits per heavy atom. The maximum atomic E-state index is 13.0. The number of amides is 4. The third kappa shape index (κ3) is 8.53. The van der Waals surface area contributed by atoms with Gasteiger partial charge in [0.1, 0.15) is 18.3 Å². The van der Waals surface area contributed by atoms with Gasteiger partial charge in [0.15, 0.2) is 0 Å². The van der Waals surface area contributed by atoms with Crippen LogP contribution in [-0.2, 0) is 25.7 Å². The molecule has 0 saturated carbocycles. The number of hydrazine groups is 1.